The molecule has 2 aliphatic rings. The minimum absolute atomic E-state index is 0.0806. The van der Waals surface area contributed by atoms with Crippen LogP contribution >= 0.6 is 0 Å². The Morgan fingerprint density at radius 3 is 2.80 bits per heavy atom. The molecule has 25 heavy (non-hydrogen) atoms. The van der Waals surface area contributed by atoms with Crippen LogP contribution in [0.25, 0.3) is 0 Å². The number of hydrogen-bond acceptors (Lipinski definition) is 5. The van der Waals surface area contributed by atoms with E-state index in [9.17, 15) is 4.79 Å². The number of nitrogens with zero attached hydrogens (tertiary/aromatic N) is 2. The summed E-state index contributed by atoms with van der Waals surface area (Å²) < 4.78 is 5.92. The van der Waals surface area contributed by atoms with E-state index in [2.05, 4.69) is 29.3 Å². The van der Waals surface area contributed by atoms with Crippen molar-refractivity contribution in [1.29, 1.82) is 0 Å². The van der Waals surface area contributed by atoms with Crippen molar-refractivity contribution in [3.8, 4) is 0 Å². The van der Waals surface area contributed by atoms with Crippen molar-refractivity contribution in [2.24, 2.45) is 11.1 Å². The average Bonchev–Trinajstić information content (AvgIpc) is 3.14. The van der Waals surface area contributed by atoms with Crippen LogP contribution in [0.1, 0.15) is 51.5 Å². The summed E-state index contributed by atoms with van der Waals surface area (Å²) in [5.74, 6) is 0.479. The molecule has 3 rings (SSSR count). The summed E-state index contributed by atoms with van der Waals surface area (Å²) in [6, 6.07) is 3.91. The van der Waals surface area contributed by atoms with Crippen LogP contribution in [-0.2, 0) is 14.4 Å². The second-order valence-electron chi connectivity index (χ2n) is 6.79. The lowest BCUT2D eigenvalue weighted by molar-refractivity contribution is -0.133. The lowest BCUT2D eigenvalue weighted by Crippen LogP contribution is -2.47. The van der Waals surface area contributed by atoms with Gasteiger partial charge in [-0.15, -0.1) is 0 Å². The number of ether oxygens (including phenoxy) is 1. The Labute approximate surface area is 149 Å². The Kier molecular flexibility index (Phi) is 6.02. The summed E-state index contributed by atoms with van der Waals surface area (Å²) in [5, 5.41) is 7.21. The van der Waals surface area contributed by atoms with Gasteiger partial charge in [0.15, 0.2) is 0 Å². The molecule has 0 aliphatic carbocycles. The maximum atomic E-state index is 12.5. The van der Waals surface area contributed by atoms with Crippen molar-refractivity contribution >= 4 is 11.6 Å². The average molecular weight is 345 g/mol. The summed E-state index contributed by atoms with van der Waals surface area (Å²) in [7, 11) is 0. The van der Waals surface area contributed by atoms with Crippen LogP contribution in [-0.4, -0.2) is 41.5 Å². The number of nitrogens with one attached hydrogen (secondary N) is 1. The monoisotopic (exact) mass is 345 g/mol. The molecular weight excluding hydrogens is 318 g/mol. The van der Waals surface area contributed by atoms with Crippen LogP contribution < -0.4 is 5.32 Å². The fourth-order valence-electron chi connectivity index (χ4n) is 3.63. The van der Waals surface area contributed by atoms with Gasteiger partial charge in [-0.1, -0.05) is 31.8 Å². The predicted molar refractivity (Wildman–Crippen MR) is 95.2 cm³/mol. The highest BCUT2D eigenvalue weighted by molar-refractivity contribution is 6.03. The highest BCUT2D eigenvalue weighted by Crippen LogP contribution is 2.25. The lowest BCUT2D eigenvalue weighted by atomic mass is 9.89. The van der Waals surface area contributed by atoms with Crippen LogP contribution in [0.3, 0.4) is 0 Å². The van der Waals surface area contributed by atoms with Crippen LogP contribution in [0.5, 0.6) is 0 Å². The first kappa shape index (κ1) is 17.9. The Hall–Kier alpha value is -1.95. The van der Waals surface area contributed by atoms with Gasteiger partial charge in [0, 0.05) is 37.0 Å². The number of pyridine rings is 1. The van der Waals surface area contributed by atoms with Crippen LogP contribution in [0.4, 0.5) is 0 Å². The molecule has 1 amide bonds. The molecule has 1 aromatic rings. The Morgan fingerprint density at radius 1 is 1.32 bits per heavy atom. The molecule has 2 aliphatic heterocycles. The molecule has 0 bridgehead atoms. The number of carbonyl (C=O) groups excluding carboxylic acids is 1. The number of amides is 1. The molecule has 0 saturated carbocycles. The second-order valence-corrected chi connectivity index (χ2v) is 6.79. The molecule has 1 saturated heterocycles. The molecule has 3 atom stereocenters. The maximum Gasteiger partial charge on any atom is 0.264 e. The van der Waals surface area contributed by atoms with Gasteiger partial charge >= 0.3 is 0 Å². The van der Waals surface area contributed by atoms with Gasteiger partial charge in [0.1, 0.15) is 0 Å². The molecule has 6 heteroatoms. The maximum absolute atomic E-state index is 12.5. The van der Waals surface area contributed by atoms with Gasteiger partial charge < -0.3 is 14.9 Å². The predicted octanol–water partition coefficient (Wildman–Crippen LogP) is 2.67. The molecular formula is C19H27N3O3. The van der Waals surface area contributed by atoms with Gasteiger partial charge in [-0.25, -0.2) is 0 Å². The van der Waals surface area contributed by atoms with Crippen LogP contribution in [0.15, 0.2) is 29.7 Å². The van der Waals surface area contributed by atoms with E-state index in [4.69, 9.17) is 9.57 Å². The fraction of sp³-hybridized carbons (Fsp3) is 0.632. The largest absolute Gasteiger partial charge is 0.382 e. The normalized spacial score (nSPS) is 26.2. The van der Waals surface area contributed by atoms with Gasteiger partial charge in [-0.2, -0.15) is 0 Å². The summed E-state index contributed by atoms with van der Waals surface area (Å²) in [6.45, 7) is 5.10. The van der Waals surface area contributed by atoms with Crippen molar-refractivity contribution in [1.82, 2.24) is 10.3 Å². The van der Waals surface area contributed by atoms with Crippen molar-refractivity contribution in [2.45, 2.75) is 64.2 Å². The van der Waals surface area contributed by atoms with Gasteiger partial charge in [0.25, 0.3) is 5.91 Å². The first-order chi connectivity index (χ1) is 12.2. The smallest absolute Gasteiger partial charge is 0.264 e. The lowest BCUT2D eigenvalue weighted by Gasteiger charge is -2.34. The summed E-state index contributed by atoms with van der Waals surface area (Å²) in [5.41, 5.74) is 1.74. The number of hydrogen-bond donors (Lipinski definition) is 1. The number of aromatic nitrogens is 1. The van der Waals surface area contributed by atoms with Gasteiger partial charge in [-0.05, 0) is 30.9 Å². The molecule has 1 fully saturated rings. The van der Waals surface area contributed by atoms with E-state index in [1.807, 2.05) is 12.1 Å². The van der Waals surface area contributed by atoms with E-state index in [1.165, 1.54) is 0 Å². The summed E-state index contributed by atoms with van der Waals surface area (Å²) >= 11 is 0. The number of carbonyl (C=O) groups is 1. The highest BCUT2D eigenvalue weighted by Gasteiger charge is 2.33. The Bertz CT molecular complexity index is 601. The van der Waals surface area contributed by atoms with Crippen molar-refractivity contribution < 1.29 is 14.4 Å². The third kappa shape index (κ3) is 4.37. The quantitative estimate of drug-likeness (QED) is 0.860. The molecule has 0 aromatic carbocycles. The zero-order valence-corrected chi connectivity index (χ0v) is 15.0. The van der Waals surface area contributed by atoms with E-state index in [0.717, 1.165) is 37.0 Å². The highest BCUT2D eigenvalue weighted by atomic mass is 16.6. The molecule has 0 radical (unpaired) electrons. The molecule has 6 nitrogen and oxygen atoms in total. The van der Waals surface area contributed by atoms with Crippen molar-refractivity contribution in [3.05, 3.63) is 30.1 Å². The first-order valence-corrected chi connectivity index (χ1v) is 9.26. The van der Waals surface area contributed by atoms with E-state index in [0.29, 0.717) is 18.9 Å². The van der Waals surface area contributed by atoms with Gasteiger partial charge in [0.2, 0.25) is 6.10 Å². The first-order valence-electron chi connectivity index (χ1n) is 9.26. The van der Waals surface area contributed by atoms with E-state index in [1.54, 1.807) is 12.4 Å². The zero-order chi connectivity index (χ0) is 17.6. The van der Waals surface area contributed by atoms with E-state index >= 15 is 0 Å². The zero-order valence-electron chi connectivity index (χ0n) is 15.0. The Balaban J connectivity index is 1.51. The SMILES string of the molecule is CCC(CC)[C@@H]1C[C@H](NC(=O)[C@@H]2CC(c3ccncc3)=NO2)CCO1. The fourth-order valence-corrected chi connectivity index (χ4v) is 3.63. The Morgan fingerprint density at radius 2 is 2.08 bits per heavy atom. The van der Waals surface area contributed by atoms with Crippen molar-refractivity contribution in [2.75, 3.05) is 6.61 Å². The minimum Gasteiger partial charge on any atom is -0.382 e. The van der Waals surface area contributed by atoms with E-state index in [-0.39, 0.29) is 18.1 Å². The minimum atomic E-state index is -0.544. The number of oxime groups is 1. The van der Waals surface area contributed by atoms with Gasteiger partial charge in [0.05, 0.1) is 11.8 Å². The van der Waals surface area contributed by atoms with Gasteiger partial charge in [-0.3, -0.25) is 9.78 Å². The molecule has 0 unspecified atom stereocenters. The summed E-state index contributed by atoms with van der Waals surface area (Å²) in [4.78, 5) is 21.9. The van der Waals surface area contributed by atoms with Crippen molar-refractivity contribution in [3.63, 3.8) is 0 Å². The second kappa shape index (κ2) is 8.43. The third-order valence-electron chi connectivity index (χ3n) is 5.21. The van der Waals surface area contributed by atoms with E-state index < -0.39 is 6.10 Å². The van der Waals surface area contributed by atoms with Crippen LogP contribution in [0, 0.1) is 5.92 Å². The molecule has 1 aromatic heterocycles. The van der Waals surface area contributed by atoms with Crippen LogP contribution in [0.2, 0.25) is 0 Å². The summed E-state index contributed by atoms with van der Waals surface area (Å²) in [6.07, 6.45) is 7.56. The molecule has 3 heterocycles. The standard InChI is InChI=1S/C19H27N3O3/c1-3-13(4-2)17-11-15(7-10-24-17)21-19(23)18-12-16(22-25-18)14-5-8-20-9-6-14/h5-6,8-9,13,15,17-18H,3-4,7,10-12H2,1-2H3,(H,21,23)/t15-,17+,18+/m1/s1. The molecule has 136 valence electrons. The topological polar surface area (TPSA) is 72.8 Å². The molecule has 0 spiro atoms. The molecule has 1 N–H and O–H groups in total. The number of rotatable bonds is 6. The third-order valence-corrected chi connectivity index (χ3v) is 5.21.